The fraction of sp³-hybridized carbons (Fsp3) is 0.636. The minimum atomic E-state index is -1.06. The lowest BCUT2D eigenvalue weighted by atomic mass is 9.89. The molecule has 2 fully saturated rings. The third-order valence-electron chi connectivity index (χ3n) is 8.88. The molecule has 2 aromatic rings. The summed E-state index contributed by atoms with van der Waals surface area (Å²) in [4.78, 5) is 25.0. The maximum Gasteiger partial charge on any atom is 0.310 e. The van der Waals surface area contributed by atoms with Crippen LogP contribution in [-0.2, 0) is 16.8 Å². The summed E-state index contributed by atoms with van der Waals surface area (Å²) in [6, 6.07) is 8.38. The Labute approximate surface area is 239 Å². The summed E-state index contributed by atoms with van der Waals surface area (Å²) in [5.41, 5.74) is 4.27. The van der Waals surface area contributed by atoms with Gasteiger partial charge in [0.1, 0.15) is 6.23 Å². The Morgan fingerprint density at radius 2 is 1.70 bits per heavy atom. The van der Waals surface area contributed by atoms with Crippen LogP contribution < -0.4 is 10.6 Å². The van der Waals surface area contributed by atoms with Gasteiger partial charge in [-0.15, -0.1) is 0 Å². The number of carbonyl (C=O) groups excluding carboxylic acids is 1. The van der Waals surface area contributed by atoms with Crippen molar-refractivity contribution in [3.05, 3.63) is 46.6 Å². The van der Waals surface area contributed by atoms with E-state index in [1.54, 1.807) is 13.8 Å². The zero-order valence-electron chi connectivity index (χ0n) is 25.5. The van der Waals surface area contributed by atoms with Crippen molar-refractivity contribution in [3.8, 4) is 11.3 Å². The number of carboxylic acids is 1. The molecular formula is C33H49N3O4. The van der Waals surface area contributed by atoms with Crippen LogP contribution in [-0.4, -0.2) is 38.7 Å². The number of aliphatic carboxylic acids is 1. The first kappa shape index (κ1) is 30.3. The van der Waals surface area contributed by atoms with Gasteiger partial charge in [-0.3, -0.25) is 14.9 Å². The Morgan fingerprint density at radius 3 is 2.27 bits per heavy atom. The van der Waals surface area contributed by atoms with Crippen LogP contribution in [0.25, 0.3) is 11.3 Å². The number of aromatic nitrogens is 1. The summed E-state index contributed by atoms with van der Waals surface area (Å²) in [5, 5.41) is 26.9. The molecule has 0 saturated heterocycles. The Balaban J connectivity index is 1.77. The van der Waals surface area contributed by atoms with Gasteiger partial charge in [-0.2, -0.15) is 0 Å². The van der Waals surface area contributed by atoms with Gasteiger partial charge >= 0.3 is 5.97 Å². The van der Waals surface area contributed by atoms with Gasteiger partial charge < -0.3 is 20.1 Å². The van der Waals surface area contributed by atoms with Crippen molar-refractivity contribution in [2.24, 2.45) is 11.3 Å². The van der Waals surface area contributed by atoms with Crippen LogP contribution in [0.3, 0.4) is 0 Å². The van der Waals surface area contributed by atoms with Crippen molar-refractivity contribution >= 4 is 11.9 Å². The molecule has 1 heterocycles. The lowest BCUT2D eigenvalue weighted by molar-refractivity contribution is -0.146. The minimum absolute atomic E-state index is 0.0480. The molecule has 7 heteroatoms. The van der Waals surface area contributed by atoms with E-state index in [9.17, 15) is 19.8 Å². The SMILES string of the molecule is Cc1c(C(=O)NCC(C)(C)C(=O)O)cc(-c2cc(C(O)NC(C)(C)C)cc(C3(C)CC3)c2)n1CC1CCCCC1. The smallest absolute Gasteiger partial charge is 0.310 e. The highest BCUT2D eigenvalue weighted by atomic mass is 16.4. The van der Waals surface area contributed by atoms with E-state index < -0.39 is 17.6 Å². The molecule has 1 aromatic carbocycles. The van der Waals surface area contributed by atoms with Crippen molar-refractivity contribution in [1.82, 2.24) is 15.2 Å². The lowest BCUT2D eigenvalue weighted by Gasteiger charge is -2.27. The zero-order valence-corrected chi connectivity index (χ0v) is 25.5. The summed E-state index contributed by atoms with van der Waals surface area (Å²) in [6.07, 6.45) is 7.54. The van der Waals surface area contributed by atoms with Crippen LogP contribution in [0.5, 0.6) is 0 Å². The third-order valence-corrected chi connectivity index (χ3v) is 8.88. The first-order valence-corrected chi connectivity index (χ1v) is 14.9. The molecule has 4 N–H and O–H groups in total. The Hall–Kier alpha value is -2.64. The van der Waals surface area contributed by atoms with E-state index >= 15 is 0 Å². The van der Waals surface area contributed by atoms with Crippen molar-refractivity contribution < 1.29 is 19.8 Å². The zero-order chi connectivity index (χ0) is 29.5. The number of aliphatic hydroxyl groups excluding tert-OH is 1. The standard InChI is InChI=1S/C33H49N3O4/c1-21-26(29(38)34-20-32(5,6)30(39)40)18-27(36(21)19-22-11-9-8-10-12-22)23-15-24(28(37)35-31(2,3)4)17-25(16-23)33(7)13-14-33/h15-18,22,28,35,37H,8-14,19-20H2,1-7H3,(H,34,38)(H,39,40). The lowest BCUT2D eigenvalue weighted by Crippen LogP contribution is -2.39. The molecule has 0 radical (unpaired) electrons. The highest BCUT2D eigenvalue weighted by molar-refractivity contribution is 5.97. The molecule has 0 aliphatic heterocycles. The van der Waals surface area contributed by atoms with E-state index in [0.717, 1.165) is 41.9 Å². The molecule has 2 aliphatic rings. The molecule has 0 spiro atoms. The molecule has 40 heavy (non-hydrogen) atoms. The fourth-order valence-electron chi connectivity index (χ4n) is 5.72. The highest BCUT2D eigenvalue weighted by Gasteiger charge is 2.40. The van der Waals surface area contributed by atoms with Crippen LogP contribution in [0.4, 0.5) is 0 Å². The van der Waals surface area contributed by atoms with Gasteiger partial charge in [0.2, 0.25) is 0 Å². The molecule has 7 nitrogen and oxygen atoms in total. The van der Waals surface area contributed by atoms with E-state index in [4.69, 9.17) is 0 Å². The number of hydrogen-bond donors (Lipinski definition) is 4. The molecule has 2 aliphatic carbocycles. The summed E-state index contributed by atoms with van der Waals surface area (Å²) >= 11 is 0. The summed E-state index contributed by atoms with van der Waals surface area (Å²) in [5.74, 6) is -0.645. The maximum absolute atomic E-state index is 13.4. The molecule has 1 amide bonds. The Bertz CT molecular complexity index is 1240. The molecule has 1 atom stereocenters. The van der Waals surface area contributed by atoms with Crippen LogP contribution >= 0.6 is 0 Å². The number of aliphatic hydroxyl groups is 1. The fourth-order valence-corrected chi connectivity index (χ4v) is 5.72. The number of amides is 1. The van der Waals surface area contributed by atoms with E-state index in [0.29, 0.717) is 11.5 Å². The Kier molecular flexibility index (Phi) is 8.58. The third kappa shape index (κ3) is 6.98. The Morgan fingerprint density at radius 1 is 1.05 bits per heavy atom. The number of carboxylic acid groups (broad SMARTS) is 1. The number of benzene rings is 1. The second-order valence-corrected chi connectivity index (χ2v) is 14.2. The monoisotopic (exact) mass is 551 g/mol. The van der Waals surface area contributed by atoms with Gasteiger partial charge in [-0.25, -0.2) is 0 Å². The molecule has 2 saturated carbocycles. The second kappa shape index (κ2) is 11.3. The predicted molar refractivity (Wildman–Crippen MR) is 159 cm³/mol. The van der Waals surface area contributed by atoms with Crippen LogP contribution in [0, 0.1) is 18.3 Å². The molecule has 220 valence electrons. The summed E-state index contributed by atoms with van der Waals surface area (Å²) in [6.45, 7) is 14.5. The van der Waals surface area contributed by atoms with Gasteiger partial charge in [0.15, 0.2) is 0 Å². The normalized spacial score (nSPS) is 18.4. The quantitative estimate of drug-likeness (QED) is 0.259. The van der Waals surface area contributed by atoms with Crippen molar-refractivity contribution in [2.75, 3.05) is 6.54 Å². The second-order valence-electron chi connectivity index (χ2n) is 14.2. The van der Waals surface area contributed by atoms with E-state index in [2.05, 4.69) is 40.3 Å². The van der Waals surface area contributed by atoms with Gasteiger partial charge in [0, 0.05) is 30.0 Å². The first-order valence-electron chi connectivity index (χ1n) is 14.9. The average molecular weight is 552 g/mol. The minimum Gasteiger partial charge on any atom is -0.481 e. The first-order chi connectivity index (χ1) is 18.6. The molecular weight excluding hydrogens is 502 g/mol. The van der Waals surface area contributed by atoms with Crippen molar-refractivity contribution in [3.63, 3.8) is 0 Å². The van der Waals surface area contributed by atoms with Crippen LogP contribution in [0.2, 0.25) is 0 Å². The summed E-state index contributed by atoms with van der Waals surface area (Å²) < 4.78 is 2.29. The van der Waals surface area contributed by atoms with Crippen LogP contribution in [0.1, 0.15) is 120 Å². The summed E-state index contributed by atoms with van der Waals surface area (Å²) in [7, 11) is 0. The molecule has 0 bridgehead atoms. The predicted octanol–water partition coefficient (Wildman–Crippen LogP) is 6.31. The molecule has 1 aromatic heterocycles. The van der Waals surface area contributed by atoms with E-state index in [1.165, 1.54) is 37.7 Å². The topological polar surface area (TPSA) is 104 Å². The van der Waals surface area contributed by atoms with Gasteiger partial charge in [-0.05, 0) is 113 Å². The number of hydrogen-bond acceptors (Lipinski definition) is 4. The van der Waals surface area contributed by atoms with Crippen molar-refractivity contribution in [1.29, 1.82) is 0 Å². The van der Waals surface area contributed by atoms with Crippen LogP contribution in [0.15, 0.2) is 24.3 Å². The van der Waals surface area contributed by atoms with E-state index in [-0.39, 0.29) is 23.4 Å². The average Bonchev–Trinajstić information content (AvgIpc) is 3.56. The maximum atomic E-state index is 13.4. The number of nitrogens with one attached hydrogen (secondary N) is 2. The van der Waals surface area contributed by atoms with Crippen molar-refractivity contribution in [2.45, 2.75) is 117 Å². The van der Waals surface area contributed by atoms with Gasteiger partial charge in [0.25, 0.3) is 5.91 Å². The molecule has 4 rings (SSSR count). The number of rotatable bonds is 10. The van der Waals surface area contributed by atoms with Gasteiger partial charge in [-0.1, -0.05) is 32.3 Å². The molecule has 1 unspecified atom stereocenters. The number of carbonyl (C=O) groups is 2. The van der Waals surface area contributed by atoms with E-state index in [1.807, 2.05) is 33.8 Å². The highest BCUT2D eigenvalue weighted by Crippen LogP contribution is 2.49. The van der Waals surface area contributed by atoms with Gasteiger partial charge in [0.05, 0.1) is 11.0 Å². The number of nitrogens with zero attached hydrogens (tertiary/aromatic N) is 1. The largest absolute Gasteiger partial charge is 0.481 e.